The van der Waals surface area contributed by atoms with Crippen LogP contribution >= 0.6 is 0 Å². The van der Waals surface area contributed by atoms with Gasteiger partial charge >= 0.3 is 6.03 Å². The molecule has 1 saturated heterocycles. The van der Waals surface area contributed by atoms with Crippen LogP contribution in [0.2, 0.25) is 0 Å². The van der Waals surface area contributed by atoms with Crippen LogP contribution in [0.3, 0.4) is 0 Å². The second-order valence-corrected chi connectivity index (χ2v) is 11.3. The van der Waals surface area contributed by atoms with Crippen LogP contribution in [0, 0.1) is 0 Å². The van der Waals surface area contributed by atoms with E-state index in [1.165, 1.54) is 0 Å². The third-order valence-corrected chi connectivity index (χ3v) is 7.09. The second kappa shape index (κ2) is 12.6. The number of carbonyl (C=O) groups excluding carboxylic acids is 1. The minimum Gasteiger partial charge on any atom is -0.492 e. The van der Waals surface area contributed by atoms with Crippen molar-refractivity contribution in [1.29, 1.82) is 0 Å². The molecule has 1 aliphatic heterocycles. The average molecular weight is 558 g/mol. The van der Waals surface area contributed by atoms with Crippen LogP contribution in [0.1, 0.15) is 26.5 Å². The Labute approximate surface area is 241 Å². The van der Waals surface area contributed by atoms with Crippen molar-refractivity contribution in [2.24, 2.45) is 7.05 Å². The molecule has 0 spiro atoms. The van der Waals surface area contributed by atoms with Gasteiger partial charge in [-0.05, 0) is 24.3 Å². The van der Waals surface area contributed by atoms with Crippen molar-refractivity contribution in [2.45, 2.75) is 32.3 Å². The summed E-state index contributed by atoms with van der Waals surface area (Å²) >= 11 is 0. The Bertz CT molecular complexity index is 1460. The molecule has 9 heteroatoms. The van der Waals surface area contributed by atoms with Crippen LogP contribution in [0.4, 0.5) is 16.3 Å². The van der Waals surface area contributed by atoms with E-state index >= 15 is 0 Å². The molecule has 41 heavy (non-hydrogen) atoms. The van der Waals surface area contributed by atoms with Crippen LogP contribution in [0.5, 0.6) is 11.5 Å². The standard InChI is InChI=1S/C32H39N5O4/c1-32(2,3)29-20-30(36(4)35-29)34-31(38)33-27-14-15-28(26-13-9-8-12-25(26)27)40-19-17-37-16-18-39-24(21-37)22-41-23-10-6-5-7-11-23/h5-15,20,24H,16-19,21-22H2,1-4H3,(H2,33,34,38). The SMILES string of the molecule is Cn1nc(C(C)(C)C)cc1NC(=O)Nc1ccc(OCCN2CCOC(COc3ccccc3)C2)c2ccccc12. The molecule has 4 aromatic rings. The van der Waals surface area contributed by atoms with E-state index in [9.17, 15) is 4.79 Å². The van der Waals surface area contributed by atoms with E-state index in [-0.39, 0.29) is 17.6 Å². The van der Waals surface area contributed by atoms with Crippen molar-refractivity contribution >= 4 is 28.3 Å². The van der Waals surface area contributed by atoms with E-state index in [1.54, 1.807) is 4.68 Å². The van der Waals surface area contributed by atoms with Gasteiger partial charge in [0.05, 0.1) is 18.0 Å². The second-order valence-electron chi connectivity index (χ2n) is 11.3. The van der Waals surface area contributed by atoms with Gasteiger partial charge in [0.1, 0.15) is 36.6 Å². The minimum absolute atomic E-state index is 0.0210. The van der Waals surface area contributed by atoms with E-state index in [1.807, 2.05) is 79.8 Å². The molecule has 1 aliphatic rings. The Morgan fingerprint density at radius 1 is 1.00 bits per heavy atom. The number of benzene rings is 3. The summed E-state index contributed by atoms with van der Waals surface area (Å²) < 4.78 is 19.7. The summed E-state index contributed by atoms with van der Waals surface area (Å²) in [6.07, 6.45) is 0.0210. The Hall–Kier alpha value is -4.08. The lowest BCUT2D eigenvalue weighted by Gasteiger charge is -2.32. The molecule has 1 aromatic heterocycles. The summed E-state index contributed by atoms with van der Waals surface area (Å²) in [4.78, 5) is 15.2. The lowest BCUT2D eigenvalue weighted by molar-refractivity contribution is -0.0501. The Morgan fingerprint density at radius 2 is 1.76 bits per heavy atom. The van der Waals surface area contributed by atoms with Crippen molar-refractivity contribution in [3.63, 3.8) is 0 Å². The molecule has 0 bridgehead atoms. The lowest BCUT2D eigenvalue weighted by atomic mass is 9.92. The molecule has 1 fully saturated rings. The third kappa shape index (κ3) is 7.36. The van der Waals surface area contributed by atoms with E-state index in [0.29, 0.717) is 31.3 Å². The highest BCUT2D eigenvalue weighted by molar-refractivity contribution is 6.07. The number of amides is 2. The zero-order valence-electron chi connectivity index (χ0n) is 24.2. The summed E-state index contributed by atoms with van der Waals surface area (Å²) in [7, 11) is 1.82. The Kier molecular flexibility index (Phi) is 8.75. The first-order valence-electron chi connectivity index (χ1n) is 14.0. The fraction of sp³-hybridized carbons (Fsp3) is 0.375. The van der Waals surface area contributed by atoms with Gasteiger partial charge in [-0.3, -0.25) is 14.9 Å². The molecule has 2 heterocycles. The van der Waals surface area contributed by atoms with Crippen LogP contribution in [0.15, 0.2) is 72.8 Å². The number of fused-ring (bicyclic) bond motifs is 1. The molecule has 9 nitrogen and oxygen atoms in total. The molecule has 216 valence electrons. The van der Waals surface area contributed by atoms with E-state index < -0.39 is 0 Å². The maximum Gasteiger partial charge on any atom is 0.324 e. The zero-order valence-corrected chi connectivity index (χ0v) is 24.2. The molecule has 1 atom stereocenters. The number of nitrogens with one attached hydrogen (secondary N) is 2. The summed E-state index contributed by atoms with van der Waals surface area (Å²) in [5.41, 5.74) is 1.51. The number of hydrogen-bond acceptors (Lipinski definition) is 6. The highest BCUT2D eigenvalue weighted by Crippen LogP contribution is 2.32. The number of anilines is 2. The largest absolute Gasteiger partial charge is 0.492 e. The number of hydrogen-bond donors (Lipinski definition) is 2. The van der Waals surface area contributed by atoms with Crippen LogP contribution in [-0.2, 0) is 17.2 Å². The third-order valence-electron chi connectivity index (χ3n) is 7.09. The predicted octanol–water partition coefficient (Wildman–Crippen LogP) is 5.67. The van der Waals surface area contributed by atoms with E-state index in [4.69, 9.17) is 14.2 Å². The molecule has 0 aliphatic carbocycles. The Balaban J connectivity index is 1.17. The van der Waals surface area contributed by atoms with Crippen molar-refractivity contribution < 1.29 is 19.0 Å². The van der Waals surface area contributed by atoms with Crippen LogP contribution in [0.25, 0.3) is 10.8 Å². The van der Waals surface area contributed by atoms with Crippen LogP contribution in [-0.4, -0.2) is 66.3 Å². The smallest absolute Gasteiger partial charge is 0.324 e. The number of rotatable bonds is 9. The molecular formula is C32H39N5O4. The molecular weight excluding hydrogens is 518 g/mol. The first-order valence-corrected chi connectivity index (χ1v) is 14.0. The molecule has 3 aromatic carbocycles. The number of aryl methyl sites for hydroxylation is 1. The highest BCUT2D eigenvalue weighted by Gasteiger charge is 2.22. The molecule has 2 N–H and O–H groups in total. The number of para-hydroxylation sites is 1. The van der Waals surface area contributed by atoms with Gasteiger partial charge < -0.3 is 19.5 Å². The number of carbonyl (C=O) groups is 1. The van der Waals surface area contributed by atoms with Crippen molar-refractivity contribution in [3.8, 4) is 11.5 Å². The first-order chi connectivity index (χ1) is 19.8. The number of ether oxygens (including phenoxy) is 3. The lowest BCUT2D eigenvalue weighted by Crippen LogP contribution is -2.46. The fourth-order valence-corrected chi connectivity index (χ4v) is 4.80. The van der Waals surface area contributed by atoms with Gasteiger partial charge in [-0.25, -0.2) is 4.79 Å². The minimum atomic E-state index is -0.328. The van der Waals surface area contributed by atoms with Crippen molar-refractivity contribution in [2.75, 3.05) is 50.1 Å². The van der Waals surface area contributed by atoms with Gasteiger partial charge in [0.25, 0.3) is 0 Å². The zero-order chi connectivity index (χ0) is 28.8. The quantitative estimate of drug-likeness (QED) is 0.276. The molecule has 5 rings (SSSR count). The van der Waals surface area contributed by atoms with Crippen molar-refractivity contribution in [3.05, 3.63) is 78.5 Å². The normalized spacial score (nSPS) is 16.0. The number of morpholine rings is 1. The van der Waals surface area contributed by atoms with Gasteiger partial charge in [-0.1, -0.05) is 63.2 Å². The summed E-state index contributed by atoms with van der Waals surface area (Å²) in [5, 5.41) is 12.3. The van der Waals surface area contributed by atoms with Gasteiger partial charge in [0.2, 0.25) is 0 Å². The van der Waals surface area contributed by atoms with Gasteiger partial charge in [0.15, 0.2) is 0 Å². The summed E-state index contributed by atoms with van der Waals surface area (Å²) in [6.45, 7) is 10.4. The topological polar surface area (TPSA) is 89.9 Å². The Morgan fingerprint density at radius 3 is 2.51 bits per heavy atom. The predicted molar refractivity (Wildman–Crippen MR) is 162 cm³/mol. The summed E-state index contributed by atoms with van der Waals surface area (Å²) in [6, 6.07) is 23.1. The monoisotopic (exact) mass is 557 g/mol. The highest BCUT2D eigenvalue weighted by atomic mass is 16.5. The number of aromatic nitrogens is 2. The van der Waals surface area contributed by atoms with E-state index in [0.717, 1.165) is 47.6 Å². The first kappa shape index (κ1) is 28.4. The van der Waals surface area contributed by atoms with E-state index in [2.05, 4.69) is 41.4 Å². The fourth-order valence-electron chi connectivity index (χ4n) is 4.80. The van der Waals surface area contributed by atoms with Gasteiger partial charge in [0, 0.05) is 48.9 Å². The summed E-state index contributed by atoms with van der Waals surface area (Å²) in [5.74, 6) is 2.27. The average Bonchev–Trinajstić information content (AvgIpc) is 3.34. The van der Waals surface area contributed by atoms with Gasteiger partial charge in [-0.2, -0.15) is 5.10 Å². The number of urea groups is 1. The maximum absolute atomic E-state index is 12.9. The molecule has 0 saturated carbocycles. The molecule has 1 unspecified atom stereocenters. The van der Waals surface area contributed by atoms with Gasteiger partial charge in [-0.15, -0.1) is 0 Å². The van der Waals surface area contributed by atoms with Crippen molar-refractivity contribution in [1.82, 2.24) is 14.7 Å². The number of nitrogens with zero attached hydrogens (tertiary/aromatic N) is 3. The maximum atomic E-state index is 12.9. The molecule has 0 radical (unpaired) electrons. The molecule has 2 amide bonds. The van der Waals surface area contributed by atoms with Crippen LogP contribution < -0.4 is 20.1 Å².